The first-order valence-corrected chi connectivity index (χ1v) is 12.1. The Labute approximate surface area is 199 Å². The van der Waals surface area contributed by atoms with E-state index in [1.54, 1.807) is 18.2 Å². The van der Waals surface area contributed by atoms with Gasteiger partial charge in [0.05, 0.1) is 13.2 Å². The Morgan fingerprint density at radius 3 is 2.12 bits per heavy atom. The molecule has 1 aliphatic carbocycles. The van der Waals surface area contributed by atoms with Crippen molar-refractivity contribution in [2.24, 2.45) is 5.92 Å². The maximum absolute atomic E-state index is 14.7. The summed E-state index contributed by atoms with van der Waals surface area (Å²) in [5, 5.41) is 0. The van der Waals surface area contributed by atoms with Crippen LogP contribution in [0.1, 0.15) is 56.6 Å². The van der Waals surface area contributed by atoms with Crippen LogP contribution in [0, 0.1) is 23.4 Å². The number of rotatable bonds is 8. The van der Waals surface area contributed by atoms with Gasteiger partial charge in [0.2, 0.25) is 5.82 Å². The summed E-state index contributed by atoms with van der Waals surface area (Å²) in [7, 11) is 0. The molecule has 0 saturated heterocycles. The molecule has 0 bridgehead atoms. The van der Waals surface area contributed by atoms with Crippen molar-refractivity contribution >= 4 is 0 Å². The standard InChI is InChI=1S/C29H31F3O2/c1-3-19-5-11-22(12-6-19)24-14-16-27(29(32)28(24)31)34-18-20-7-9-21(10-8-20)23-13-15-26(33-4-2)25(30)17-23/h5-6,11-17,20-21H,3-4,7-10,18H2,1-2H3. The van der Waals surface area contributed by atoms with E-state index in [1.165, 1.54) is 6.07 Å². The maximum atomic E-state index is 14.7. The zero-order chi connectivity index (χ0) is 24.1. The van der Waals surface area contributed by atoms with Crippen LogP contribution in [-0.2, 0) is 6.42 Å². The first-order chi connectivity index (χ1) is 16.5. The van der Waals surface area contributed by atoms with Gasteiger partial charge in [0.15, 0.2) is 23.1 Å². The van der Waals surface area contributed by atoms with Crippen molar-refractivity contribution in [3.8, 4) is 22.6 Å². The van der Waals surface area contributed by atoms with Gasteiger partial charge in [-0.25, -0.2) is 8.78 Å². The first kappa shape index (κ1) is 24.2. The SMILES string of the molecule is CCOc1ccc(C2CCC(COc3ccc(-c4ccc(CC)cc4)c(F)c3F)CC2)cc1F. The summed E-state index contributed by atoms with van der Waals surface area (Å²) >= 11 is 0. The summed E-state index contributed by atoms with van der Waals surface area (Å²) in [5.74, 6) is -1.39. The summed E-state index contributed by atoms with van der Waals surface area (Å²) in [6, 6.07) is 15.8. The van der Waals surface area contributed by atoms with E-state index in [2.05, 4.69) is 0 Å². The van der Waals surface area contributed by atoms with Gasteiger partial charge < -0.3 is 9.47 Å². The van der Waals surface area contributed by atoms with Crippen LogP contribution in [0.25, 0.3) is 11.1 Å². The van der Waals surface area contributed by atoms with Crippen molar-refractivity contribution in [2.45, 2.75) is 51.9 Å². The average molecular weight is 469 g/mol. The molecule has 3 aromatic rings. The number of ether oxygens (including phenoxy) is 2. The van der Waals surface area contributed by atoms with Gasteiger partial charge in [-0.15, -0.1) is 0 Å². The molecule has 1 aliphatic rings. The Bertz CT molecular complexity index is 1100. The average Bonchev–Trinajstić information content (AvgIpc) is 2.87. The second-order valence-electron chi connectivity index (χ2n) is 8.94. The van der Waals surface area contributed by atoms with Crippen molar-refractivity contribution in [1.82, 2.24) is 0 Å². The molecule has 4 rings (SSSR count). The molecule has 0 amide bonds. The Morgan fingerprint density at radius 1 is 0.765 bits per heavy atom. The molecule has 0 N–H and O–H groups in total. The van der Waals surface area contributed by atoms with Gasteiger partial charge >= 0.3 is 0 Å². The van der Waals surface area contributed by atoms with E-state index in [1.807, 2.05) is 44.2 Å². The molecule has 0 spiro atoms. The normalized spacial score (nSPS) is 18.0. The van der Waals surface area contributed by atoms with E-state index < -0.39 is 11.6 Å². The fraction of sp³-hybridized carbons (Fsp3) is 0.379. The van der Waals surface area contributed by atoms with E-state index in [4.69, 9.17) is 9.47 Å². The third-order valence-corrected chi connectivity index (χ3v) is 6.77. The first-order valence-electron chi connectivity index (χ1n) is 12.1. The quantitative estimate of drug-likeness (QED) is 0.333. The van der Waals surface area contributed by atoms with Gasteiger partial charge in [0.1, 0.15) is 0 Å². The number of aryl methyl sites for hydroxylation is 1. The van der Waals surface area contributed by atoms with Gasteiger partial charge in [0, 0.05) is 5.56 Å². The van der Waals surface area contributed by atoms with Gasteiger partial charge in [-0.3, -0.25) is 0 Å². The lowest BCUT2D eigenvalue weighted by atomic mass is 9.79. The molecule has 0 aliphatic heterocycles. The highest BCUT2D eigenvalue weighted by atomic mass is 19.2. The third-order valence-electron chi connectivity index (χ3n) is 6.77. The smallest absolute Gasteiger partial charge is 0.201 e. The van der Waals surface area contributed by atoms with E-state index in [9.17, 15) is 13.2 Å². The molecular formula is C29H31F3O2. The summed E-state index contributed by atoms with van der Waals surface area (Å²) in [4.78, 5) is 0. The Hall–Kier alpha value is -2.95. The van der Waals surface area contributed by atoms with Crippen molar-refractivity contribution in [2.75, 3.05) is 13.2 Å². The van der Waals surface area contributed by atoms with Crippen molar-refractivity contribution in [3.63, 3.8) is 0 Å². The van der Waals surface area contributed by atoms with Crippen LogP contribution < -0.4 is 9.47 Å². The van der Waals surface area contributed by atoms with Crippen LogP contribution in [0.4, 0.5) is 13.2 Å². The predicted molar refractivity (Wildman–Crippen MR) is 129 cm³/mol. The molecule has 0 atom stereocenters. The van der Waals surface area contributed by atoms with Gasteiger partial charge in [-0.1, -0.05) is 37.3 Å². The molecule has 2 nitrogen and oxygen atoms in total. The zero-order valence-electron chi connectivity index (χ0n) is 19.8. The highest BCUT2D eigenvalue weighted by Crippen LogP contribution is 2.38. The van der Waals surface area contributed by atoms with E-state index in [0.717, 1.165) is 43.2 Å². The lowest BCUT2D eigenvalue weighted by Crippen LogP contribution is -2.19. The lowest BCUT2D eigenvalue weighted by molar-refractivity contribution is 0.192. The molecule has 0 heterocycles. The number of hydrogen-bond donors (Lipinski definition) is 0. The van der Waals surface area contributed by atoms with Crippen molar-refractivity contribution < 1.29 is 22.6 Å². The fourth-order valence-corrected chi connectivity index (χ4v) is 4.70. The zero-order valence-corrected chi connectivity index (χ0v) is 19.8. The lowest BCUT2D eigenvalue weighted by Gasteiger charge is -2.29. The molecule has 5 heteroatoms. The minimum absolute atomic E-state index is 0.0536. The van der Waals surface area contributed by atoms with Crippen LogP contribution in [0.5, 0.6) is 11.5 Å². The molecular weight excluding hydrogens is 437 g/mol. The second-order valence-corrected chi connectivity index (χ2v) is 8.94. The summed E-state index contributed by atoms with van der Waals surface area (Å²) in [6.45, 7) is 4.65. The highest BCUT2D eigenvalue weighted by Gasteiger charge is 2.24. The van der Waals surface area contributed by atoms with Crippen LogP contribution >= 0.6 is 0 Å². The summed E-state index contributed by atoms with van der Waals surface area (Å²) < 4.78 is 54.6. The Morgan fingerprint density at radius 2 is 1.47 bits per heavy atom. The molecule has 0 unspecified atom stereocenters. The van der Waals surface area contributed by atoms with Crippen LogP contribution in [0.3, 0.4) is 0 Å². The van der Waals surface area contributed by atoms with Gasteiger partial charge in [-0.05, 0) is 91.8 Å². The molecule has 1 saturated carbocycles. The topological polar surface area (TPSA) is 18.5 Å². The molecule has 34 heavy (non-hydrogen) atoms. The van der Waals surface area contributed by atoms with Gasteiger partial charge in [0.25, 0.3) is 0 Å². The maximum Gasteiger partial charge on any atom is 0.201 e. The summed E-state index contributed by atoms with van der Waals surface area (Å²) in [6.07, 6.45) is 4.50. The van der Waals surface area contributed by atoms with Crippen LogP contribution in [0.15, 0.2) is 54.6 Å². The van der Waals surface area contributed by atoms with Crippen LogP contribution in [0.2, 0.25) is 0 Å². The molecule has 0 radical (unpaired) electrons. The van der Waals surface area contributed by atoms with E-state index in [0.29, 0.717) is 18.8 Å². The van der Waals surface area contributed by atoms with Crippen LogP contribution in [-0.4, -0.2) is 13.2 Å². The minimum atomic E-state index is -0.949. The third kappa shape index (κ3) is 5.40. The van der Waals surface area contributed by atoms with Crippen molar-refractivity contribution in [3.05, 3.63) is 83.2 Å². The highest BCUT2D eigenvalue weighted by molar-refractivity contribution is 5.65. The Balaban J connectivity index is 1.34. The monoisotopic (exact) mass is 468 g/mol. The van der Waals surface area contributed by atoms with E-state index >= 15 is 0 Å². The number of hydrogen-bond acceptors (Lipinski definition) is 2. The summed E-state index contributed by atoms with van der Waals surface area (Å²) in [5.41, 5.74) is 3.00. The number of halogens is 3. The van der Waals surface area contributed by atoms with Crippen molar-refractivity contribution in [1.29, 1.82) is 0 Å². The largest absolute Gasteiger partial charge is 0.491 e. The fourth-order valence-electron chi connectivity index (χ4n) is 4.70. The molecule has 1 fully saturated rings. The van der Waals surface area contributed by atoms with Gasteiger partial charge in [-0.2, -0.15) is 4.39 Å². The molecule has 0 aromatic heterocycles. The minimum Gasteiger partial charge on any atom is -0.491 e. The molecule has 180 valence electrons. The predicted octanol–water partition coefficient (Wildman–Crippen LogP) is 8.08. The Kier molecular flexibility index (Phi) is 7.81. The van der Waals surface area contributed by atoms with E-state index in [-0.39, 0.29) is 34.7 Å². The molecule has 3 aromatic carbocycles. The number of benzene rings is 3. The second kappa shape index (κ2) is 11.0.